The van der Waals surface area contributed by atoms with E-state index >= 15 is 0 Å². The number of aromatic nitrogens is 1. The summed E-state index contributed by atoms with van der Waals surface area (Å²) in [4.78, 5) is 16.3. The first kappa shape index (κ1) is 20.6. The lowest BCUT2D eigenvalue weighted by Gasteiger charge is -2.18. The van der Waals surface area contributed by atoms with Gasteiger partial charge in [-0.1, -0.05) is 19.9 Å². The van der Waals surface area contributed by atoms with Crippen molar-refractivity contribution in [1.82, 2.24) is 10.3 Å². The first-order valence-electron chi connectivity index (χ1n) is 6.92. The molecule has 2 rings (SSSR count). The van der Waals surface area contributed by atoms with Crippen LogP contribution in [0.3, 0.4) is 0 Å². The first-order chi connectivity index (χ1) is 9.60. The first-order valence-corrected chi connectivity index (χ1v) is 6.92. The molecule has 0 saturated heterocycles. The van der Waals surface area contributed by atoms with E-state index in [1.807, 2.05) is 31.3 Å². The fourth-order valence-electron chi connectivity index (χ4n) is 2.22. The quantitative estimate of drug-likeness (QED) is 0.871. The van der Waals surface area contributed by atoms with Gasteiger partial charge in [-0.2, -0.15) is 0 Å². The molecule has 22 heavy (non-hydrogen) atoms. The Morgan fingerprint density at radius 3 is 2.55 bits per heavy atom. The number of likely N-dealkylation sites (N-methyl/N-ethyl adjacent to an activating group) is 1. The number of hydrogen-bond donors (Lipinski definition) is 2. The van der Waals surface area contributed by atoms with E-state index in [1.165, 1.54) is 0 Å². The lowest BCUT2D eigenvalue weighted by molar-refractivity contribution is -0.118. The second-order valence-electron chi connectivity index (χ2n) is 5.40. The number of anilines is 1. The molecule has 0 radical (unpaired) electrons. The molecule has 0 spiro atoms. The Balaban J connectivity index is 0.00000220. The highest BCUT2D eigenvalue weighted by Crippen LogP contribution is 2.18. The lowest BCUT2D eigenvalue weighted by Crippen LogP contribution is -2.39. The van der Waals surface area contributed by atoms with Crippen LogP contribution in [0.5, 0.6) is 0 Å². The molecule has 0 bridgehead atoms. The van der Waals surface area contributed by atoms with E-state index in [1.54, 1.807) is 12.4 Å². The van der Waals surface area contributed by atoms with Gasteiger partial charge in [0.15, 0.2) is 0 Å². The normalized spacial score (nSPS) is 11.5. The smallest absolute Gasteiger partial charge is 0.241 e. The number of rotatable bonds is 5. The van der Waals surface area contributed by atoms with E-state index in [9.17, 15) is 4.79 Å². The molecular formula is C16H23Cl2N3O. The monoisotopic (exact) mass is 343 g/mol. The second-order valence-corrected chi connectivity index (χ2v) is 5.40. The highest BCUT2D eigenvalue weighted by Gasteiger charge is 2.17. The highest BCUT2D eigenvalue weighted by molar-refractivity contribution is 5.97. The lowest BCUT2D eigenvalue weighted by atomic mass is 10.0. The zero-order valence-corrected chi connectivity index (χ0v) is 14.6. The minimum atomic E-state index is -0.167. The molecule has 0 fully saturated rings. The minimum absolute atomic E-state index is 0. The fourth-order valence-corrected chi connectivity index (χ4v) is 2.22. The molecule has 1 aromatic carbocycles. The third kappa shape index (κ3) is 5.44. The van der Waals surface area contributed by atoms with Crippen molar-refractivity contribution in [2.75, 3.05) is 12.4 Å². The molecule has 6 heteroatoms. The number of nitrogens with one attached hydrogen (secondary N) is 2. The van der Waals surface area contributed by atoms with Crippen LogP contribution in [0.2, 0.25) is 0 Å². The van der Waals surface area contributed by atoms with Gasteiger partial charge in [-0.05, 0) is 43.0 Å². The number of fused-ring (bicyclic) bond motifs is 1. The number of pyridine rings is 1. The third-order valence-electron chi connectivity index (χ3n) is 3.28. The molecule has 2 N–H and O–H groups in total. The number of carbonyl (C=O) groups is 1. The molecule has 1 heterocycles. The van der Waals surface area contributed by atoms with E-state index in [2.05, 4.69) is 29.5 Å². The van der Waals surface area contributed by atoms with Crippen LogP contribution in [0.4, 0.5) is 5.69 Å². The molecule has 2 aromatic rings. The van der Waals surface area contributed by atoms with Crippen molar-refractivity contribution < 1.29 is 4.79 Å². The van der Waals surface area contributed by atoms with Crippen molar-refractivity contribution >= 4 is 47.2 Å². The summed E-state index contributed by atoms with van der Waals surface area (Å²) < 4.78 is 0. The Morgan fingerprint density at radius 1 is 1.18 bits per heavy atom. The fraction of sp³-hybridized carbons (Fsp3) is 0.375. The van der Waals surface area contributed by atoms with Crippen molar-refractivity contribution in [3.05, 3.63) is 36.7 Å². The Hall–Kier alpha value is -1.36. The van der Waals surface area contributed by atoms with Gasteiger partial charge in [0.1, 0.15) is 0 Å². The van der Waals surface area contributed by atoms with Gasteiger partial charge in [0.2, 0.25) is 5.91 Å². The number of hydrogen-bond acceptors (Lipinski definition) is 3. The average Bonchev–Trinajstić information content (AvgIpc) is 2.44. The molecule has 1 unspecified atom stereocenters. The van der Waals surface area contributed by atoms with Crippen molar-refractivity contribution in [3.8, 4) is 0 Å². The molecule has 1 aromatic heterocycles. The van der Waals surface area contributed by atoms with Crippen LogP contribution >= 0.6 is 24.8 Å². The Morgan fingerprint density at radius 2 is 1.91 bits per heavy atom. The maximum atomic E-state index is 12.2. The number of amides is 1. The van der Waals surface area contributed by atoms with E-state index in [4.69, 9.17) is 0 Å². The molecule has 122 valence electrons. The molecule has 1 amide bonds. The number of halogens is 2. The topological polar surface area (TPSA) is 54.0 Å². The minimum Gasteiger partial charge on any atom is -0.325 e. The summed E-state index contributed by atoms with van der Waals surface area (Å²) in [5.41, 5.74) is 0.805. The van der Waals surface area contributed by atoms with Crippen LogP contribution in [0.25, 0.3) is 10.8 Å². The van der Waals surface area contributed by atoms with Crippen LogP contribution in [0, 0.1) is 5.92 Å². The SMILES string of the molecule is CNC(CC(C)C)C(=O)Nc1ccc2ccncc2c1.Cl.Cl. The zero-order valence-electron chi connectivity index (χ0n) is 13.0. The van der Waals surface area contributed by atoms with E-state index < -0.39 is 0 Å². The van der Waals surface area contributed by atoms with Crippen molar-refractivity contribution in [1.29, 1.82) is 0 Å². The van der Waals surface area contributed by atoms with Crippen LogP contribution in [0.15, 0.2) is 36.7 Å². The van der Waals surface area contributed by atoms with Crippen LogP contribution in [-0.2, 0) is 4.79 Å². The predicted molar refractivity (Wildman–Crippen MR) is 97.2 cm³/mol. The van der Waals surface area contributed by atoms with Gasteiger partial charge in [0.05, 0.1) is 6.04 Å². The highest BCUT2D eigenvalue weighted by atomic mass is 35.5. The van der Waals surface area contributed by atoms with Gasteiger partial charge in [-0.15, -0.1) is 24.8 Å². The molecule has 0 aliphatic rings. The Kier molecular flexibility index (Phi) is 9.02. The zero-order chi connectivity index (χ0) is 14.5. The molecule has 0 aliphatic heterocycles. The van der Waals surface area contributed by atoms with Gasteiger partial charge < -0.3 is 10.6 Å². The van der Waals surface area contributed by atoms with E-state index in [0.29, 0.717) is 5.92 Å². The Labute approximate surface area is 143 Å². The van der Waals surface area contributed by atoms with Gasteiger partial charge in [0.25, 0.3) is 0 Å². The maximum absolute atomic E-state index is 12.2. The average molecular weight is 344 g/mol. The van der Waals surface area contributed by atoms with Gasteiger partial charge in [0, 0.05) is 23.5 Å². The van der Waals surface area contributed by atoms with Crippen LogP contribution in [0.1, 0.15) is 20.3 Å². The molecule has 0 saturated carbocycles. The number of benzene rings is 1. The summed E-state index contributed by atoms with van der Waals surface area (Å²) in [6.45, 7) is 4.22. The molecular weight excluding hydrogens is 321 g/mol. The maximum Gasteiger partial charge on any atom is 0.241 e. The molecule has 1 atom stereocenters. The number of carbonyl (C=O) groups excluding carboxylic acids is 1. The molecule has 0 aliphatic carbocycles. The summed E-state index contributed by atoms with van der Waals surface area (Å²) in [5.74, 6) is 0.475. The summed E-state index contributed by atoms with van der Waals surface area (Å²) >= 11 is 0. The Bertz CT molecular complexity index is 605. The largest absolute Gasteiger partial charge is 0.325 e. The van der Waals surface area contributed by atoms with Gasteiger partial charge >= 0.3 is 0 Å². The van der Waals surface area contributed by atoms with Gasteiger partial charge in [-0.25, -0.2) is 0 Å². The van der Waals surface area contributed by atoms with Crippen LogP contribution in [-0.4, -0.2) is 24.0 Å². The number of nitrogens with zero attached hydrogens (tertiary/aromatic N) is 1. The standard InChI is InChI=1S/C16H21N3O.2ClH/c1-11(2)8-15(17-3)16(20)19-14-5-4-12-6-7-18-10-13(12)9-14;;/h4-7,9-11,15,17H,8H2,1-3H3,(H,19,20);2*1H. The van der Waals surface area contributed by atoms with E-state index in [0.717, 1.165) is 22.9 Å². The summed E-state index contributed by atoms with van der Waals surface area (Å²) in [5, 5.41) is 8.17. The van der Waals surface area contributed by atoms with Gasteiger partial charge in [-0.3, -0.25) is 9.78 Å². The summed E-state index contributed by atoms with van der Waals surface area (Å²) in [7, 11) is 1.82. The third-order valence-corrected chi connectivity index (χ3v) is 3.28. The molecule has 4 nitrogen and oxygen atoms in total. The van der Waals surface area contributed by atoms with Crippen molar-refractivity contribution in [2.45, 2.75) is 26.3 Å². The summed E-state index contributed by atoms with van der Waals surface area (Å²) in [6, 6.07) is 7.64. The predicted octanol–water partition coefficient (Wildman–Crippen LogP) is 3.65. The van der Waals surface area contributed by atoms with Crippen molar-refractivity contribution in [2.24, 2.45) is 5.92 Å². The second kappa shape index (κ2) is 9.62. The van der Waals surface area contributed by atoms with Crippen LogP contribution < -0.4 is 10.6 Å². The summed E-state index contributed by atoms with van der Waals surface area (Å²) in [6.07, 6.45) is 4.38. The van der Waals surface area contributed by atoms with Crippen molar-refractivity contribution in [3.63, 3.8) is 0 Å². The van der Waals surface area contributed by atoms with E-state index in [-0.39, 0.29) is 36.8 Å².